The fourth-order valence-corrected chi connectivity index (χ4v) is 1.75. The third kappa shape index (κ3) is 4.36. The molecule has 0 saturated heterocycles. The van der Waals surface area contributed by atoms with Crippen LogP contribution in [-0.4, -0.2) is 12.6 Å². The highest BCUT2D eigenvalue weighted by atomic mass is 35.5. The Morgan fingerprint density at radius 1 is 1.19 bits per heavy atom. The Kier molecular flexibility index (Phi) is 5.00. The Hall–Kier alpha value is -2.27. The molecular formula is C15H13ClFNO3. The summed E-state index contributed by atoms with van der Waals surface area (Å²) in [5.41, 5.74) is 6.53. The minimum absolute atomic E-state index is 0.0512. The number of rotatable bonds is 5. The SMILES string of the molecule is Nc1ccc(OCC(=O)OCc2cccc(F)c2Cl)cc1. The Morgan fingerprint density at radius 2 is 1.90 bits per heavy atom. The van der Waals surface area contributed by atoms with Crippen LogP contribution in [0.1, 0.15) is 5.56 Å². The molecule has 0 heterocycles. The molecule has 2 N–H and O–H groups in total. The average molecular weight is 310 g/mol. The van der Waals surface area contributed by atoms with Crippen LogP contribution < -0.4 is 10.5 Å². The van der Waals surface area contributed by atoms with Gasteiger partial charge >= 0.3 is 5.97 Å². The molecule has 0 spiro atoms. The maximum Gasteiger partial charge on any atom is 0.344 e. The van der Waals surface area contributed by atoms with Crippen molar-refractivity contribution in [3.05, 3.63) is 58.9 Å². The minimum Gasteiger partial charge on any atom is -0.482 e. The Labute approximate surface area is 126 Å². The Bertz CT molecular complexity index is 631. The molecular weight excluding hydrogens is 297 g/mol. The minimum atomic E-state index is -0.577. The van der Waals surface area contributed by atoms with Gasteiger partial charge in [0.1, 0.15) is 18.2 Å². The first-order valence-corrected chi connectivity index (χ1v) is 6.51. The quantitative estimate of drug-likeness (QED) is 0.680. The van der Waals surface area contributed by atoms with Crippen molar-refractivity contribution in [3.63, 3.8) is 0 Å². The van der Waals surface area contributed by atoms with Crippen molar-refractivity contribution in [2.24, 2.45) is 0 Å². The maximum atomic E-state index is 13.2. The molecule has 0 amide bonds. The standard InChI is InChI=1S/C15H13ClFNO3/c16-15-10(2-1-3-13(15)17)8-21-14(19)9-20-12-6-4-11(18)5-7-12/h1-7H,8-9,18H2. The summed E-state index contributed by atoms with van der Waals surface area (Å²) < 4.78 is 23.4. The Morgan fingerprint density at radius 3 is 2.62 bits per heavy atom. The van der Waals surface area contributed by atoms with Crippen molar-refractivity contribution in [2.45, 2.75) is 6.61 Å². The summed E-state index contributed by atoms with van der Waals surface area (Å²) in [6.45, 7) is -0.364. The van der Waals surface area contributed by atoms with E-state index in [9.17, 15) is 9.18 Å². The number of nitrogens with two attached hydrogens (primary N) is 1. The van der Waals surface area contributed by atoms with Crippen LogP contribution in [0.2, 0.25) is 5.02 Å². The smallest absolute Gasteiger partial charge is 0.344 e. The van der Waals surface area contributed by atoms with Gasteiger partial charge in [0.15, 0.2) is 6.61 Å². The number of hydrogen-bond donors (Lipinski definition) is 1. The summed E-state index contributed by atoms with van der Waals surface area (Å²) in [5.74, 6) is -0.625. The zero-order chi connectivity index (χ0) is 15.2. The fourth-order valence-electron chi connectivity index (χ4n) is 1.57. The van der Waals surface area contributed by atoms with E-state index in [4.69, 9.17) is 26.8 Å². The van der Waals surface area contributed by atoms with Gasteiger partial charge in [-0.3, -0.25) is 0 Å². The zero-order valence-electron chi connectivity index (χ0n) is 11.0. The van der Waals surface area contributed by atoms with E-state index in [1.165, 1.54) is 12.1 Å². The summed E-state index contributed by atoms with van der Waals surface area (Å²) in [6, 6.07) is 10.9. The molecule has 2 rings (SSSR count). The molecule has 0 bridgehead atoms. The second-order valence-electron chi connectivity index (χ2n) is 4.23. The zero-order valence-corrected chi connectivity index (χ0v) is 11.8. The van der Waals surface area contributed by atoms with Crippen LogP contribution in [0.25, 0.3) is 0 Å². The number of anilines is 1. The first kappa shape index (κ1) is 15.1. The van der Waals surface area contributed by atoms with E-state index >= 15 is 0 Å². The number of carbonyl (C=O) groups is 1. The van der Waals surface area contributed by atoms with Crippen molar-refractivity contribution in [3.8, 4) is 5.75 Å². The molecule has 110 valence electrons. The number of hydrogen-bond acceptors (Lipinski definition) is 4. The average Bonchev–Trinajstić information content (AvgIpc) is 2.48. The van der Waals surface area contributed by atoms with Crippen molar-refractivity contribution in [1.29, 1.82) is 0 Å². The molecule has 0 atom stereocenters. The first-order chi connectivity index (χ1) is 10.1. The van der Waals surface area contributed by atoms with Gasteiger partial charge in [-0.25, -0.2) is 9.18 Å². The molecule has 0 aliphatic heterocycles. The third-order valence-electron chi connectivity index (χ3n) is 2.66. The number of nitrogen functional groups attached to an aromatic ring is 1. The topological polar surface area (TPSA) is 61.5 Å². The van der Waals surface area contributed by atoms with Gasteiger partial charge in [-0.05, 0) is 30.3 Å². The largest absolute Gasteiger partial charge is 0.482 e. The van der Waals surface area contributed by atoms with Gasteiger partial charge in [0.25, 0.3) is 0 Å². The molecule has 6 heteroatoms. The predicted molar refractivity (Wildman–Crippen MR) is 77.6 cm³/mol. The van der Waals surface area contributed by atoms with Gasteiger partial charge in [-0.15, -0.1) is 0 Å². The fraction of sp³-hybridized carbons (Fsp3) is 0.133. The van der Waals surface area contributed by atoms with Crippen LogP contribution in [0.15, 0.2) is 42.5 Å². The second kappa shape index (κ2) is 6.95. The normalized spacial score (nSPS) is 10.2. The lowest BCUT2D eigenvalue weighted by molar-refractivity contribution is -0.147. The van der Waals surface area contributed by atoms with Crippen LogP contribution in [0.5, 0.6) is 5.75 Å². The van der Waals surface area contributed by atoms with E-state index in [0.717, 1.165) is 0 Å². The first-order valence-electron chi connectivity index (χ1n) is 6.13. The highest BCUT2D eigenvalue weighted by Gasteiger charge is 2.09. The summed E-state index contributed by atoms with van der Waals surface area (Å²) >= 11 is 5.76. The molecule has 0 unspecified atom stereocenters. The molecule has 0 aliphatic carbocycles. The molecule has 21 heavy (non-hydrogen) atoms. The molecule has 4 nitrogen and oxygen atoms in total. The van der Waals surface area contributed by atoms with Crippen molar-refractivity contribution in [1.82, 2.24) is 0 Å². The monoisotopic (exact) mass is 309 g/mol. The van der Waals surface area contributed by atoms with E-state index in [1.54, 1.807) is 30.3 Å². The molecule has 0 aliphatic rings. The lowest BCUT2D eigenvalue weighted by atomic mass is 10.2. The summed E-state index contributed by atoms with van der Waals surface area (Å²) in [7, 11) is 0. The van der Waals surface area contributed by atoms with E-state index in [0.29, 0.717) is 17.0 Å². The molecule has 0 saturated carbocycles. The van der Waals surface area contributed by atoms with Crippen molar-refractivity contribution < 1.29 is 18.7 Å². The van der Waals surface area contributed by atoms with E-state index < -0.39 is 11.8 Å². The van der Waals surface area contributed by atoms with Crippen LogP contribution in [-0.2, 0) is 16.1 Å². The highest BCUT2D eigenvalue weighted by Crippen LogP contribution is 2.20. The van der Waals surface area contributed by atoms with Crippen LogP contribution in [0.3, 0.4) is 0 Å². The van der Waals surface area contributed by atoms with Gasteiger partial charge in [0.2, 0.25) is 0 Å². The van der Waals surface area contributed by atoms with E-state index in [-0.39, 0.29) is 18.2 Å². The van der Waals surface area contributed by atoms with Crippen LogP contribution >= 0.6 is 11.6 Å². The highest BCUT2D eigenvalue weighted by molar-refractivity contribution is 6.31. The van der Waals surface area contributed by atoms with Crippen LogP contribution in [0.4, 0.5) is 10.1 Å². The lowest BCUT2D eigenvalue weighted by Gasteiger charge is -2.08. The van der Waals surface area contributed by atoms with E-state index in [2.05, 4.69) is 0 Å². The number of benzene rings is 2. The molecule has 2 aromatic rings. The Balaban J connectivity index is 1.82. The predicted octanol–water partition coefficient (Wildman–Crippen LogP) is 3.18. The van der Waals surface area contributed by atoms with E-state index in [1.807, 2.05) is 0 Å². The van der Waals surface area contributed by atoms with Crippen LogP contribution in [0, 0.1) is 5.82 Å². The van der Waals surface area contributed by atoms with Crippen molar-refractivity contribution >= 4 is 23.3 Å². The third-order valence-corrected chi connectivity index (χ3v) is 3.08. The molecule has 0 radical (unpaired) electrons. The second-order valence-corrected chi connectivity index (χ2v) is 4.61. The molecule has 0 aromatic heterocycles. The van der Waals surface area contributed by atoms with Gasteiger partial charge < -0.3 is 15.2 Å². The summed E-state index contributed by atoms with van der Waals surface area (Å²) in [5, 5.41) is -0.0512. The maximum absolute atomic E-state index is 13.2. The van der Waals surface area contributed by atoms with Gasteiger partial charge in [0.05, 0.1) is 5.02 Å². The lowest BCUT2D eigenvalue weighted by Crippen LogP contribution is -2.15. The van der Waals surface area contributed by atoms with Crippen molar-refractivity contribution in [2.75, 3.05) is 12.3 Å². The molecule has 0 fully saturated rings. The van der Waals surface area contributed by atoms with Gasteiger partial charge in [0, 0.05) is 11.3 Å². The van der Waals surface area contributed by atoms with Gasteiger partial charge in [-0.2, -0.15) is 0 Å². The number of halogens is 2. The number of esters is 1. The number of ether oxygens (including phenoxy) is 2. The van der Waals surface area contributed by atoms with Gasteiger partial charge in [-0.1, -0.05) is 23.7 Å². The number of carbonyl (C=O) groups excluding carboxylic acids is 1. The molecule has 2 aromatic carbocycles. The summed E-state index contributed by atoms with van der Waals surface area (Å²) in [4.78, 5) is 11.5. The summed E-state index contributed by atoms with van der Waals surface area (Å²) in [6.07, 6.45) is 0.